The van der Waals surface area contributed by atoms with Gasteiger partial charge in [-0.2, -0.15) is 0 Å². The summed E-state index contributed by atoms with van der Waals surface area (Å²) in [5.41, 5.74) is 1.82. The van der Waals surface area contributed by atoms with E-state index in [0.29, 0.717) is 29.0 Å². The highest BCUT2D eigenvalue weighted by molar-refractivity contribution is 5.87. The third kappa shape index (κ3) is 2.75. The van der Waals surface area contributed by atoms with Gasteiger partial charge in [0.2, 0.25) is 0 Å². The van der Waals surface area contributed by atoms with Crippen LogP contribution >= 0.6 is 0 Å². The predicted octanol–water partition coefficient (Wildman–Crippen LogP) is 4.58. The molecule has 1 aromatic carbocycles. The molecule has 0 aliphatic heterocycles. The van der Waals surface area contributed by atoms with E-state index in [1.54, 1.807) is 0 Å². The maximum Gasteiger partial charge on any atom is 0.139 e. The zero-order valence-corrected chi connectivity index (χ0v) is 12.1. The Morgan fingerprint density at radius 2 is 1.74 bits per heavy atom. The summed E-state index contributed by atoms with van der Waals surface area (Å²) in [7, 11) is 0. The number of carbonyl (C=O) groups is 1. The molecule has 3 rings (SSSR count). The first-order chi connectivity index (χ1) is 9.07. The summed E-state index contributed by atoms with van der Waals surface area (Å²) in [6, 6.07) is 10.5. The van der Waals surface area contributed by atoms with Crippen molar-refractivity contribution in [2.45, 2.75) is 51.9 Å². The standard InChI is InChI=1S/C18H24O/c1-18(2)10-8-14(9-11-18)17(19)16-12-15(16)13-6-4-3-5-7-13/h3-7,14-16H,8-12H2,1-2H3. The number of carbonyl (C=O) groups excluding carboxylic acids is 1. The summed E-state index contributed by atoms with van der Waals surface area (Å²) in [6.45, 7) is 4.66. The Morgan fingerprint density at radius 3 is 2.37 bits per heavy atom. The molecule has 1 nitrogen and oxygen atoms in total. The number of Topliss-reactive ketones (excluding diaryl/α,β-unsaturated/α-hetero) is 1. The average molecular weight is 256 g/mol. The van der Waals surface area contributed by atoms with E-state index in [4.69, 9.17) is 0 Å². The Balaban J connectivity index is 1.59. The molecule has 2 saturated carbocycles. The second-order valence-electron chi connectivity index (χ2n) is 7.20. The van der Waals surface area contributed by atoms with E-state index in [1.165, 1.54) is 18.4 Å². The van der Waals surface area contributed by atoms with Crippen LogP contribution in [0.5, 0.6) is 0 Å². The lowest BCUT2D eigenvalue weighted by Gasteiger charge is -2.33. The molecule has 102 valence electrons. The Labute approximate surface area is 116 Å². The van der Waals surface area contributed by atoms with Gasteiger partial charge < -0.3 is 0 Å². The van der Waals surface area contributed by atoms with Gasteiger partial charge in [-0.05, 0) is 49.0 Å². The van der Waals surface area contributed by atoms with Gasteiger partial charge in [-0.1, -0.05) is 44.2 Å². The lowest BCUT2D eigenvalue weighted by atomic mass is 9.71. The minimum Gasteiger partial charge on any atom is -0.299 e. The minimum atomic E-state index is 0.327. The molecular formula is C18H24O. The summed E-state index contributed by atoms with van der Waals surface area (Å²) in [6.07, 6.45) is 5.74. The summed E-state index contributed by atoms with van der Waals surface area (Å²) >= 11 is 0. The van der Waals surface area contributed by atoms with Crippen LogP contribution in [-0.2, 0) is 4.79 Å². The van der Waals surface area contributed by atoms with Crippen LogP contribution in [0.4, 0.5) is 0 Å². The van der Waals surface area contributed by atoms with E-state index in [1.807, 2.05) is 6.07 Å². The highest BCUT2D eigenvalue weighted by atomic mass is 16.1. The van der Waals surface area contributed by atoms with Crippen molar-refractivity contribution < 1.29 is 4.79 Å². The van der Waals surface area contributed by atoms with Gasteiger partial charge in [-0.3, -0.25) is 4.79 Å². The molecule has 2 unspecified atom stereocenters. The van der Waals surface area contributed by atoms with Crippen LogP contribution in [0.2, 0.25) is 0 Å². The normalized spacial score (nSPS) is 30.0. The Bertz CT molecular complexity index is 450. The fraction of sp³-hybridized carbons (Fsp3) is 0.611. The largest absolute Gasteiger partial charge is 0.299 e. The fourth-order valence-corrected chi connectivity index (χ4v) is 3.56. The zero-order valence-electron chi connectivity index (χ0n) is 12.1. The summed E-state index contributed by atoms with van der Waals surface area (Å²) in [5.74, 6) is 1.76. The van der Waals surface area contributed by atoms with Crippen molar-refractivity contribution in [1.29, 1.82) is 0 Å². The van der Waals surface area contributed by atoms with Gasteiger partial charge in [0.15, 0.2) is 0 Å². The van der Waals surface area contributed by atoms with Gasteiger partial charge in [-0.15, -0.1) is 0 Å². The quantitative estimate of drug-likeness (QED) is 0.774. The molecule has 0 saturated heterocycles. The van der Waals surface area contributed by atoms with E-state index < -0.39 is 0 Å². The lowest BCUT2D eigenvalue weighted by Crippen LogP contribution is -2.27. The fourth-order valence-electron chi connectivity index (χ4n) is 3.56. The van der Waals surface area contributed by atoms with Gasteiger partial charge in [0, 0.05) is 11.8 Å². The lowest BCUT2D eigenvalue weighted by molar-refractivity contribution is -0.125. The number of ketones is 1. The first kappa shape index (κ1) is 12.9. The Kier molecular flexibility index (Phi) is 3.24. The molecule has 0 heterocycles. The second-order valence-corrected chi connectivity index (χ2v) is 7.20. The van der Waals surface area contributed by atoms with Crippen molar-refractivity contribution in [2.24, 2.45) is 17.3 Å². The first-order valence-corrected chi connectivity index (χ1v) is 7.65. The second kappa shape index (κ2) is 4.77. The molecule has 0 spiro atoms. The zero-order chi connectivity index (χ0) is 13.5. The van der Waals surface area contributed by atoms with Crippen LogP contribution in [0.3, 0.4) is 0 Å². The molecule has 19 heavy (non-hydrogen) atoms. The molecule has 2 fully saturated rings. The van der Waals surface area contributed by atoms with E-state index in [-0.39, 0.29) is 0 Å². The van der Waals surface area contributed by atoms with Crippen molar-refractivity contribution in [3.63, 3.8) is 0 Å². The molecule has 0 amide bonds. The third-order valence-corrected chi connectivity index (χ3v) is 5.13. The van der Waals surface area contributed by atoms with Gasteiger partial charge in [0.05, 0.1) is 0 Å². The van der Waals surface area contributed by atoms with Crippen LogP contribution in [0.25, 0.3) is 0 Å². The van der Waals surface area contributed by atoms with Crippen molar-refractivity contribution >= 4 is 5.78 Å². The molecule has 1 heteroatoms. The van der Waals surface area contributed by atoms with Crippen LogP contribution in [0.15, 0.2) is 30.3 Å². The first-order valence-electron chi connectivity index (χ1n) is 7.65. The van der Waals surface area contributed by atoms with E-state index in [9.17, 15) is 4.79 Å². The average Bonchev–Trinajstić information content (AvgIpc) is 3.19. The molecule has 0 N–H and O–H groups in total. The maximum absolute atomic E-state index is 12.6. The molecule has 1 aromatic rings. The Morgan fingerprint density at radius 1 is 1.11 bits per heavy atom. The topological polar surface area (TPSA) is 17.1 Å². The number of hydrogen-bond donors (Lipinski definition) is 0. The van der Waals surface area contributed by atoms with Crippen LogP contribution < -0.4 is 0 Å². The van der Waals surface area contributed by atoms with Gasteiger partial charge in [0.1, 0.15) is 5.78 Å². The third-order valence-electron chi connectivity index (χ3n) is 5.13. The van der Waals surface area contributed by atoms with Gasteiger partial charge in [0.25, 0.3) is 0 Å². The van der Waals surface area contributed by atoms with Crippen molar-refractivity contribution in [2.75, 3.05) is 0 Å². The SMILES string of the molecule is CC1(C)CCC(C(=O)C2CC2c2ccccc2)CC1. The van der Waals surface area contributed by atoms with Crippen molar-refractivity contribution in [1.82, 2.24) is 0 Å². The smallest absolute Gasteiger partial charge is 0.139 e. The molecule has 2 aliphatic rings. The highest BCUT2D eigenvalue weighted by Gasteiger charge is 2.46. The maximum atomic E-state index is 12.6. The van der Waals surface area contributed by atoms with Crippen molar-refractivity contribution in [3.8, 4) is 0 Å². The van der Waals surface area contributed by atoms with Crippen LogP contribution in [0.1, 0.15) is 57.4 Å². The summed E-state index contributed by atoms with van der Waals surface area (Å²) < 4.78 is 0. The molecule has 2 atom stereocenters. The predicted molar refractivity (Wildman–Crippen MR) is 78.0 cm³/mol. The molecule has 0 radical (unpaired) electrons. The van der Waals surface area contributed by atoms with Gasteiger partial charge in [-0.25, -0.2) is 0 Å². The molecule has 0 aromatic heterocycles. The Hall–Kier alpha value is -1.11. The highest BCUT2D eigenvalue weighted by Crippen LogP contribution is 2.51. The molecular weight excluding hydrogens is 232 g/mol. The minimum absolute atomic E-state index is 0.327. The monoisotopic (exact) mass is 256 g/mol. The molecule has 2 aliphatic carbocycles. The van der Waals surface area contributed by atoms with E-state index in [2.05, 4.69) is 38.1 Å². The number of rotatable bonds is 3. The summed E-state index contributed by atoms with van der Waals surface area (Å²) in [4.78, 5) is 12.6. The number of hydrogen-bond acceptors (Lipinski definition) is 1. The van der Waals surface area contributed by atoms with Crippen molar-refractivity contribution in [3.05, 3.63) is 35.9 Å². The van der Waals surface area contributed by atoms with Gasteiger partial charge >= 0.3 is 0 Å². The molecule has 0 bridgehead atoms. The number of benzene rings is 1. The van der Waals surface area contributed by atoms with E-state index >= 15 is 0 Å². The van der Waals surface area contributed by atoms with Crippen LogP contribution in [-0.4, -0.2) is 5.78 Å². The van der Waals surface area contributed by atoms with E-state index in [0.717, 1.165) is 19.3 Å². The summed E-state index contributed by atoms with van der Waals surface area (Å²) in [5, 5.41) is 0. The van der Waals surface area contributed by atoms with Crippen LogP contribution in [0, 0.1) is 17.3 Å².